The summed E-state index contributed by atoms with van der Waals surface area (Å²) in [5.74, 6) is -0.414. The Morgan fingerprint density at radius 1 is 1.11 bits per heavy atom. The summed E-state index contributed by atoms with van der Waals surface area (Å²) in [6.07, 6.45) is 0. The Balaban J connectivity index is 2.03. The Labute approximate surface area is 119 Å². The van der Waals surface area contributed by atoms with E-state index in [0.717, 1.165) is 4.90 Å². The van der Waals surface area contributed by atoms with Gasteiger partial charge in [-0.1, -0.05) is 17.7 Å². The third kappa shape index (κ3) is 3.66. The van der Waals surface area contributed by atoms with Crippen molar-refractivity contribution in [1.82, 2.24) is 0 Å². The number of rotatable bonds is 4. The van der Waals surface area contributed by atoms with Crippen LogP contribution in [0.5, 0.6) is 11.5 Å². The van der Waals surface area contributed by atoms with E-state index in [1.807, 2.05) is 12.1 Å². The molecular formula is C14H11ClO3S. The summed E-state index contributed by atoms with van der Waals surface area (Å²) in [6.45, 7) is 0. The zero-order valence-corrected chi connectivity index (χ0v) is 11.4. The third-order valence-corrected chi connectivity index (χ3v) is 3.69. The number of carbonyl (C=O) groups is 1. The largest absolute Gasteiger partial charge is 0.504 e. The minimum absolute atomic E-state index is 0.125. The number of aromatic hydroxyl groups is 2. The first-order valence-electron chi connectivity index (χ1n) is 5.50. The Kier molecular flexibility index (Phi) is 4.35. The topological polar surface area (TPSA) is 57.5 Å². The highest BCUT2D eigenvalue weighted by atomic mass is 35.5. The van der Waals surface area contributed by atoms with Crippen LogP contribution in [-0.4, -0.2) is 21.7 Å². The predicted molar refractivity (Wildman–Crippen MR) is 76.3 cm³/mol. The number of halogens is 1. The number of phenolic OH excluding ortho intramolecular Hbond substituents is 2. The molecule has 0 bridgehead atoms. The minimum Gasteiger partial charge on any atom is -0.504 e. The van der Waals surface area contributed by atoms with Crippen LogP contribution in [0.25, 0.3) is 0 Å². The van der Waals surface area contributed by atoms with E-state index >= 15 is 0 Å². The molecule has 0 heterocycles. The molecule has 0 saturated heterocycles. The summed E-state index contributed by atoms with van der Waals surface area (Å²) in [6, 6.07) is 11.3. The Morgan fingerprint density at radius 3 is 2.58 bits per heavy atom. The molecule has 2 aromatic rings. The highest BCUT2D eigenvalue weighted by molar-refractivity contribution is 8.00. The SMILES string of the molecule is O=C(CSc1cccc(Cl)c1)c1ccc(O)c(O)c1. The third-order valence-electron chi connectivity index (χ3n) is 2.46. The Morgan fingerprint density at radius 2 is 1.89 bits per heavy atom. The smallest absolute Gasteiger partial charge is 0.173 e. The van der Waals surface area contributed by atoms with E-state index in [9.17, 15) is 15.0 Å². The Bertz CT molecular complexity index is 613. The summed E-state index contributed by atoms with van der Waals surface area (Å²) in [7, 11) is 0. The molecule has 2 aromatic carbocycles. The zero-order valence-electron chi connectivity index (χ0n) is 9.84. The van der Waals surface area contributed by atoms with Gasteiger partial charge in [-0.3, -0.25) is 4.79 Å². The van der Waals surface area contributed by atoms with Gasteiger partial charge in [0.1, 0.15) is 0 Å². The maximum atomic E-state index is 11.9. The molecule has 98 valence electrons. The number of ketones is 1. The van der Waals surface area contributed by atoms with E-state index in [1.165, 1.54) is 30.0 Å². The van der Waals surface area contributed by atoms with Crippen molar-refractivity contribution in [3.63, 3.8) is 0 Å². The first-order valence-corrected chi connectivity index (χ1v) is 6.86. The molecule has 0 aliphatic rings. The van der Waals surface area contributed by atoms with Crippen molar-refractivity contribution in [3.05, 3.63) is 53.1 Å². The van der Waals surface area contributed by atoms with Crippen LogP contribution >= 0.6 is 23.4 Å². The molecule has 2 rings (SSSR count). The number of phenols is 2. The van der Waals surface area contributed by atoms with Crippen LogP contribution < -0.4 is 0 Å². The van der Waals surface area contributed by atoms with Crippen molar-refractivity contribution in [2.24, 2.45) is 0 Å². The molecule has 0 amide bonds. The number of thioether (sulfide) groups is 1. The summed E-state index contributed by atoms with van der Waals surface area (Å²) in [4.78, 5) is 12.8. The van der Waals surface area contributed by atoms with Crippen molar-refractivity contribution in [2.75, 3.05) is 5.75 Å². The van der Waals surface area contributed by atoms with Gasteiger partial charge < -0.3 is 10.2 Å². The van der Waals surface area contributed by atoms with Gasteiger partial charge in [-0.15, -0.1) is 11.8 Å². The Hall–Kier alpha value is -1.65. The fraction of sp³-hybridized carbons (Fsp3) is 0.0714. The van der Waals surface area contributed by atoms with Crippen molar-refractivity contribution < 1.29 is 15.0 Å². The van der Waals surface area contributed by atoms with Crippen LogP contribution in [0, 0.1) is 0 Å². The fourth-order valence-corrected chi connectivity index (χ4v) is 2.59. The predicted octanol–water partition coefficient (Wildman–Crippen LogP) is 3.73. The second-order valence-corrected chi connectivity index (χ2v) is 5.36. The number of Topliss-reactive ketones (excluding diaryl/α,β-unsaturated/α-hetero) is 1. The molecule has 0 aromatic heterocycles. The lowest BCUT2D eigenvalue weighted by Gasteiger charge is -2.04. The van der Waals surface area contributed by atoms with Crippen LogP contribution in [0.2, 0.25) is 5.02 Å². The van der Waals surface area contributed by atoms with Gasteiger partial charge in [-0.25, -0.2) is 0 Å². The molecule has 0 atom stereocenters. The van der Waals surface area contributed by atoms with Crippen LogP contribution in [0.15, 0.2) is 47.4 Å². The molecule has 0 fully saturated rings. The van der Waals surface area contributed by atoms with Crippen molar-refractivity contribution >= 4 is 29.1 Å². The van der Waals surface area contributed by atoms with Crippen LogP contribution in [0.1, 0.15) is 10.4 Å². The van der Waals surface area contributed by atoms with Crippen LogP contribution in [0.4, 0.5) is 0 Å². The standard InChI is InChI=1S/C14H11ClO3S/c15-10-2-1-3-11(7-10)19-8-14(18)9-4-5-12(16)13(17)6-9/h1-7,16-17H,8H2. The molecule has 5 heteroatoms. The molecule has 0 saturated carbocycles. The lowest BCUT2D eigenvalue weighted by atomic mass is 10.1. The highest BCUT2D eigenvalue weighted by Gasteiger charge is 2.09. The maximum absolute atomic E-state index is 11.9. The fourth-order valence-electron chi connectivity index (χ4n) is 1.49. The van der Waals surface area contributed by atoms with E-state index in [0.29, 0.717) is 10.6 Å². The first kappa shape index (κ1) is 13.8. The molecule has 0 spiro atoms. The van der Waals surface area contributed by atoms with Gasteiger partial charge in [0.2, 0.25) is 0 Å². The summed E-state index contributed by atoms with van der Waals surface area (Å²) >= 11 is 7.23. The number of benzene rings is 2. The summed E-state index contributed by atoms with van der Waals surface area (Å²) < 4.78 is 0. The van der Waals surface area contributed by atoms with Crippen LogP contribution in [-0.2, 0) is 0 Å². The average molecular weight is 295 g/mol. The first-order chi connectivity index (χ1) is 9.06. The molecule has 0 aliphatic carbocycles. The number of hydrogen-bond donors (Lipinski definition) is 2. The monoisotopic (exact) mass is 294 g/mol. The van der Waals surface area contributed by atoms with E-state index in [-0.39, 0.29) is 23.0 Å². The second-order valence-electron chi connectivity index (χ2n) is 3.87. The van der Waals surface area contributed by atoms with Gasteiger partial charge in [0.25, 0.3) is 0 Å². The second kappa shape index (κ2) is 5.99. The normalized spacial score (nSPS) is 10.4. The van der Waals surface area contributed by atoms with Gasteiger partial charge in [-0.05, 0) is 36.4 Å². The number of carbonyl (C=O) groups excluding carboxylic acids is 1. The highest BCUT2D eigenvalue weighted by Crippen LogP contribution is 2.27. The molecule has 0 radical (unpaired) electrons. The van der Waals surface area contributed by atoms with E-state index in [4.69, 9.17) is 11.6 Å². The average Bonchev–Trinajstić information content (AvgIpc) is 2.39. The number of hydrogen-bond acceptors (Lipinski definition) is 4. The summed E-state index contributed by atoms with van der Waals surface area (Å²) in [5, 5.41) is 19.2. The van der Waals surface area contributed by atoms with Gasteiger partial charge in [0.05, 0.1) is 5.75 Å². The zero-order chi connectivity index (χ0) is 13.8. The lowest BCUT2D eigenvalue weighted by Crippen LogP contribution is -2.01. The van der Waals surface area contributed by atoms with Crippen LogP contribution in [0.3, 0.4) is 0 Å². The molecular weight excluding hydrogens is 284 g/mol. The molecule has 3 nitrogen and oxygen atoms in total. The quantitative estimate of drug-likeness (QED) is 0.512. The van der Waals surface area contributed by atoms with Gasteiger partial charge in [0, 0.05) is 15.5 Å². The van der Waals surface area contributed by atoms with E-state index < -0.39 is 0 Å². The molecule has 0 aliphatic heterocycles. The van der Waals surface area contributed by atoms with Crippen molar-refractivity contribution in [1.29, 1.82) is 0 Å². The van der Waals surface area contributed by atoms with Crippen molar-refractivity contribution in [3.8, 4) is 11.5 Å². The van der Waals surface area contributed by atoms with Crippen molar-refractivity contribution in [2.45, 2.75) is 4.90 Å². The lowest BCUT2D eigenvalue weighted by molar-refractivity contribution is 0.102. The van der Waals surface area contributed by atoms with Gasteiger partial charge in [0.15, 0.2) is 17.3 Å². The van der Waals surface area contributed by atoms with Gasteiger partial charge >= 0.3 is 0 Å². The molecule has 2 N–H and O–H groups in total. The molecule has 19 heavy (non-hydrogen) atoms. The minimum atomic E-state index is -0.293. The molecule has 0 unspecified atom stereocenters. The van der Waals surface area contributed by atoms with Gasteiger partial charge in [-0.2, -0.15) is 0 Å². The summed E-state index contributed by atoms with van der Waals surface area (Å²) in [5.41, 5.74) is 0.366. The van der Waals surface area contributed by atoms with E-state index in [2.05, 4.69) is 0 Å². The maximum Gasteiger partial charge on any atom is 0.173 e. The van der Waals surface area contributed by atoms with E-state index in [1.54, 1.807) is 12.1 Å².